The second kappa shape index (κ2) is 8.47. The monoisotopic (exact) mass is 384 g/mol. The Labute approximate surface area is 160 Å². The first-order chi connectivity index (χ1) is 13.0. The quantitative estimate of drug-likeness (QED) is 0.522. The van der Waals surface area contributed by atoms with Gasteiger partial charge in [0.1, 0.15) is 11.2 Å². The minimum absolute atomic E-state index is 0.0351. The van der Waals surface area contributed by atoms with Gasteiger partial charge in [-0.1, -0.05) is 54.6 Å². The van der Waals surface area contributed by atoms with E-state index in [1.165, 1.54) is 5.41 Å². The molecule has 7 heteroatoms. The van der Waals surface area contributed by atoms with E-state index in [-0.39, 0.29) is 5.84 Å². The molecule has 2 aromatic carbocycles. The van der Waals surface area contributed by atoms with E-state index in [2.05, 4.69) is 5.32 Å². The summed E-state index contributed by atoms with van der Waals surface area (Å²) in [4.78, 5) is 1.98. The lowest BCUT2D eigenvalue weighted by Crippen LogP contribution is -2.46. The number of hydrogen-bond donors (Lipinski definition) is 3. The standard InChI is InChI=1S/C20H24N4O2S/c21-19(22)17-6-8-18(9-7-17)20(24-13-11-23-12-14-24)27(25,26)15-10-16-4-2-1-3-5-16/h1-10,15,20,23H,11-14H2,(H3,21,22). The van der Waals surface area contributed by atoms with E-state index in [0.717, 1.165) is 18.7 Å². The first kappa shape index (κ1) is 19.3. The number of benzene rings is 2. The van der Waals surface area contributed by atoms with Crippen molar-refractivity contribution in [1.29, 1.82) is 5.41 Å². The Morgan fingerprint density at radius 1 is 1.07 bits per heavy atom. The zero-order valence-corrected chi connectivity index (χ0v) is 15.8. The van der Waals surface area contributed by atoms with Gasteiger partial charge in [0.15, 0.2) is 9.84 Å². The second-order valence-electron chi connectivity index (χ2n) is 6.48. The second-order valence-corrected chi connectivity index (χ2v) is 8.37. The van der Waals surface area contributed by atoms with Gasteiger partial charge in [0, 0.05) is 37.2 Å². The Bertz CT molecular complexity index is 903. The molecular formula is C20H24N4O2S. The molecule has 1 saturated heterocycles. The number of nitrogens with one attached hydrogen (secondary N) is 2. The van der Waals surface area contributed by atoms with Crippen LogP contribution in [-0.4, -0.2) is 45.3 Å². The first-order valence-corrected chi connectivity index (χ1v) is 10.4. The predicted octanol–water partition coefficient (Wildman–Crippen LogP) is 1.96. The average molecular weight is 385 g/mol. The highest BCUT2D eigenvalue weighted by atomic mass is 32.2. The van der Waals surface area contributed by atoms with Gasteiger partial charge >= 0.3 is 0 Å². The summed E-state index contributed by atoms with van der Waals surface area (Å²) in [5.41, 5.74) is 7.61. The van der Waals surface area contributed by atoms with E-state index in [9.17, 15) is 8.42 Å². The summed E-state index contributed by atoms with van der Waals surface area (Å²) in [5.74, 6) is -0.0351. The minimum Gasteiger partial charge on any atom is -0.384 e. The maximum Gasteiger partial charge on any atom is 0.191 e. The third-order valence-corrected chi connectivity index (χ3v) is 6.26. The van der Waals surface area contributed by atoms with Crippen LogP contribution in [-0.2, 0) is 9.84 Å². The van der Waals surface area contributed by atoms with Gasteiger partial charge in [-0.25, -0.2) is 8.42 Å². The molecule has 2 aromatic rings. The van der Waals surface area contributed by atoms with Crippen molar-refractivity contribution in [2.75, 3.05) is 26.2 Å². The molecule has 0 bridgehead atoms. The highest BCUT2D eigenvalue weighted by molar-refractivity contribution is 7.94. The number of nitrogen functional groups attached to an aromatic ring is 1. The lowest BCUT2D eigenvalue weighted by atomic mass is 10.1. The lowest BCUT2D eigenvalue weighted by molar-refractivity contribution is 0.220. The minimum atomic E-state index is -3.57. The molecule has 1 fully saturated rings. The third kappa shape index (κ3) is 4.82. The van der Waals surface area contributed by atoms with E-state index in [1.54, 1.807) is 30.3 Å². The number of rotatable bonds is 6. The average Bonchev–Trinajstić information content (AvgIpc) is 2.68. The van der Waals surface area contributed by atoms with E-state index in [1.807, 2.05) is 35.2 Å². The van der Waals surface area contributed by atoms with Gasteiger partial charge < -0.3 is 11.1 Å². The van der Waals surface area contributed by atoms with Gasteiger partial charge in [-0.05, 0) is 17.2 Å². The molecule has 1 aliphatic rings. The SMILES string of the molecule is N=C(N)c1ccc(C(N2CCNCC2)S(=O)(=O)C=Cc2ccccc2)cc1. The van der Waals surface area contributed by atoms with Gasteiger partial charge in [0.05, 0.1) is 0 Å². The molecule has 0 aliphatic carbocycles. The van der Waals surface area contributed by atoms with Crippen LogP contribution in [0.15, 0.2) is 60.0 Å². The molecule has 142 valence electrons. The fourth-order valence-corrected chi connectivity index (χ4v) is 4.82. The highest BCUT2D eigenvalue weighted by Gasteiger charge is 2.32. The number of hydrogen-bond acceptors (Lipinski definition) is 5. The Morgan fingerprint density at radius 2 is 1.70 bits per heavy atom. The fourth-order valence-electron chi connectivity index (χ4n) is 3.16. The van der Waals surface area contributed by atoms with Crippen molar-refractivity contribution in [3.05, 3.63) is 76.7 Å². The van der Waals surface area contributed by atoms with Crippen molar-refractivity contribution < 1.29 is 8.42 Å². The largest absolute Gasteiger partial charge is 0.384 e. The summed E-state index contributed by atoms with van der Waals surface area (Å²) in [7, 11) is -3.57. The number of amidine groups is 1. The lowest BCUT2D eigenvalue weighted by Gasteiger charge is -2.34. The molecular weight excluding hydrogens is 360 g/mol. The molecule has 1 atom stereocenters. The molecule has 1 heterocycles. The van der Waals surface area contributed by atoms with E-state index in [0.29, 0.717) is 24.2 Å². The Kier molecular flexibility index (Phi) is 6.05. The molecule has 1 unspecified atom stereocenters. The molecule has 6 nitrogen and oxygen atoms in total. The Hall–Kier alpha value is -2.48. The molecule has 4 N–H and O–H groups in total. The van der Waals surface area contributed by atoms with E-state index < -0.39 is 15.2 Å². The van der Waals surface area contributed by atoms with Crippen molar-refractivity contribution in [3.8, 4) is 0 Å². The maximum atomic E-state index is 13.2. The number of nitrogens with zero attached hydrogens (tertiary/aromatic N) is 1. The van der Waals surface area contributed by atoms with Crippen molar-refractivity contribution >= 4 is 21.7 Å². The summed E-state index contributed by atoms with van der Waals surface area (Å²) in [6.45, 7) is 2.80. The molecule has 0 radical (unpaired) electrons. The van der Waals surface area contributed by atoms with Crippen LogP contribution in [0, 0.1) is 5.41 Å². The Balaban J connectivity index is 1.95. The molecule has 0 saturated carbocycles. The van der Waals surface area contributed by atoms with E-state index in [4.69, 9.17) is 11.1 Å². The summed E-state index contributed by atoms with van der Waals surface area (Å²) < 4.78 is 26.4. The maximum absolute atomic E-state index is 13.2. The topological polar surface area (TPSA) is 99.3 Å². The Morgan fingerprint density at radius 3 is 2.30 bits per heavy atom. The molecule has 0 aromatic heterocycles. The summed E-state index contributed by atoms with van der Waals surface area (Å²) >= 11 is 0. The van der Waals surface area contributed by atoms with Crippen molar-refractivity contribution in [2.24, 2.45) is 5.73 Å². The van der Waals surface area contributed by atoms with Gasteiger partial charge in [-0.15, -0.1) is 0 Å². The van der Waals surface area contributed by atoms with Gasteiger partial charge in [-0.2, -0.15) is 0 Å². The normalized spacial score (nSPS) is 17.0. The van der Waals surface area contributed by atoms with Crippen LogP contribution in [0.2, 0.25) is 0 Å². The zero-order valence-electron chi connectivity index (χ0n) is 15.0. The zero-order chi connectivity index (χ0) is 19.3. The van der Waals surface area contributed by atoms with Crippen LogP contribution in [0.5, 0.6) is 0 Å². The van der Waals surface area contributed by atoms with E-state index >= 15 is 0 Å². The molecule has 0 amide bonds. The van der Waals surface area contributed by atoms with Crippen molar-refractivity contribution in [3.63, 3.8) is 0 Å². The predicted molar refractivity (Wildman–Crippen MR) is 109 cm³/mol. The number of piperazine rings is 1. The first-order valence-electron chi connectivity index (χ1n) is 8.83. The van der Waals surface area contributed by atoms with Crippen molar-refractivity contribution in [1.82, 2.24) is 10.2 Å². The van der Waals surface area contributed by atoms with Gasteiger partial charge in [0.2, 0.25) is 0 Å². The van der Waals surface area contributed by atoms with Crippen LogP contribution in [0.25, 0.3) is 6.08 Å². The molecule has 1 aliphatic heterocycles. The number of nitrogens with two attached hydrogens (primary N) is 1. The molecule has 27 heavy (non-hydrogen) atoms. The number of sulfone groups is 1. The van der Waals surface area contributed by atoms with Gasteiger partial charge in [-0.3, -0.25) is 10.3 Å². The third-order valence-electron chi connectivity index (χ3n) is 4.55. The molecule has 3 rings (SSSR count). The van der Waals surface area contributed by atoms with Gasteiger partial charge in [0.25, 0.3) is 0 Å². The summed E-state index contributed by atoms with van der Waals surface area (Å²) in [6.07, 6.45) is 1.63. The van der Waals surface area contributed by atoms with Crippen molar-refractivity contribution in [2.45, 2.75) is 5.37 Å². The molecule has 0 spiro atoms. The van der Waals surface area contributed by atoms with Crippen LogP contribution >= 0.6 is 0 Å². The van der Waals surface area contributed by atoms with Crippen LogP contribution in [0.4, 0.5) is 0 Å². The highest BCUT2D eigenvalue weighted by Crippen LogP contribution is 2.29. The van der Waals surface area contributed by atoms with Crippen LogP contribution in [0.1, 0.15) is 22.1 Å². The summed E-state index contributed by atoms with van der Waals surface area (Å²) in [5, 5.41) is 11.3. The smallest absolute Gasteiger partial charge is 0.191 e. The van der Waals surface area contributed by atoms with Crippen LogP contribution < -0.4 is 11.1 Å². The van der Waals surface area contributed by atoms with Crippen LogP contribution in [0.3, 0.4) is 0 Å². The fraction of sp³-hybridized carbons (Fsp3) is 0.250. The summed E-state index contributed by atoms with van der Waals surface area (Å²) in [6, 6.07) is 16.3.